The minimum atomic E-state index is -0.651. The molecule has 0 N–H and O–H groups in total. The van der Waals surface area contributed by atoms with Crippen LogP contribution >= 0.6 is 0 Å². The lowest BCUT2D eigenvalue weighted by atomic mass is 9.42. The summed E-state index contributed by atoms with van der Waals surface area (Å²) in [6, 6.07) is 2.13. The number of ether oxygens (including phenoxy) is 1. The van der Waals surface area contributed by atoms with Gasteiger partial charge in [0.25, 0.3) is 0 Å². The number of nitriles is 1. The molecule has 2 saturated carbocycles. The van der Waals surface area contributed by atoms with Gasteiger partial charge in [-0.2, -0.15) is 5.26 Å². The predicted octanol–water partition coefficient (Wildman–Crippen LogP) is 6.23. The lowest BCUT2D eigenvalue weighted by Crippen LogP contribution is -2.57. The number of carbonyl (C=O) groups excluding carboxylic acids is 3. The van der Waals surface area contributed by atoms with Gasteiger partial charge in [-0.1, -0.05) is 60.1 Å². The zero-order valence-electron chi connectivity index (χ0n) is 23.4. The van der Waals surface area contributed by atoms with Gasteiger partial charge in [0.05, 0.1) is 18.1 Å². The fourth-order valence-electron chi connectivity index (χ4n) is 8.92. The van der Waals surface area contributed by atoms with Gasteiger partial charge in [-0.25, -0.2) is 0 Å². The second kappa shape index (κ2) is 8.67. The molecule has 0 aromatic carbocycles. The molecule has 4 aliphatic carbocycles. The molecular formula is C31H43NO4. The quantitative estimate of drug-likeness (QED) is 0.435. The van der Waals surface area contributed by atoms with E-state index in [-0.39, 0.29) is 63.5 Å². The van der Waals surface area contributed by atoms with Crippen molar-refractivity contribution in [1.82, 2.24) is 0 Å². The van der Waals surface area contributed by atoms with E-state index in [0.717, 1.165) is 37.7 Å². The van der Waals surface area contributed by atoms with Crippen LogP contribution in [0.2, 0.25) is 0 Å². The Kier molecular flexibility index (Phi) is 6.47. The molecule has 196 valence electrons. The molecule has 0 saturated heterocycles. The molecule has 0 aromatic rings. The number of rotatable bonds is 3. The van der Waals surface area contributed by atoms with Crippen LogP contribution in [0, 0.1) is 62.6 Å². The standard InChI is InChI=1S/C31H43NO4/c1-9-31(27(35)36-8)13-12-28(4,5)16-22(31)25-19(3)29(6)11-10-21-18(2)26(34)20(17-32)15-30(21,7)24(29)14-23(25)33/h14-15,18-19,21-22,25H,9-13,16H2,1-8H3. The van der Waals surface area contributed by atoms with E-state index in [9.17, 15) is 19.6 Å². The van der Waals surface area contributed by atoms with Crippen LogP contribution in [-0.4, -0.2) is 24.6 Å². The molecule has 0 heterocycles. The number of methoxy groups -OCH3 is 1. The largest absolute Gasteiger partial charge is 0.469 e. The summed E-state index contributed by atoms with van der Waals surface area (Å²) in [4.78, 5) is 40.3. The number of hydrogen-bond acceptors (Lipinski definition) is 5. The molecule has 8 unspecified atom stereocenters. The average molecular weight is 494 g/mol. The van der Waals surface area contributed by atoms with Gasteiger partial charge in [0.15, 0.2) is 11.6 Å². The first kappa shape index (κ1) is 26.8. The molecule has 4 rings (SSSR count). The van der Waals surface area contributed by atoms with Crippen molar-refractivity contribution in [3.8, 4) is 6.07 Å². The SMILES string of the molecule is CCC1(C(=O)OC)CCC(C)(C)CC1C1C(=O)C=C2C3(C)C=C(C#N)C(=O)C(C)C3CCC2(C)C1C. The van der Waals surface area contributed by atoms with Crippen LogP contribution in [0.25, 0.3) is 0 Å². The molecule has 0 radical (unpaired) electrons. The fraction of sp³-hybridized carbons (Fsp3) is 0.742. The van der Waals surface area contributed by atoms with Crippen molar-refractivity contribution >= 4 is 17.5 Å². The molecular weight excluding hydrogens is 450 g/mol. The van der Waals surface area contributed by atoms with E-state index in [1.165, 1.54) is 7.11 Å². The Bertz CT molecular complexity index is 1090. The summed E-state index contributed by atoms with van der Waals surface area (Å²) in [6.45, 7) is 15.1. The van der Waals surface area contributed by atoms with E-state index >= 15 is 0 Å². The maximum Gasteiger partial charge on any atom is 0.312 e. The first-order valence-corrected chi connectivity index (χ1v) is 13.7. The molecule has 0 amide bonds. The highest BCUT2D eigenvalue weighted by atomic mass is 16.5. The van der Waals surface area contributed by atoms with E-state index < -0.39 is 10.8 Å². The molecule has 5 nitrogen and oxygen atoms in total. The molecule has 5 heteroatoms. The van der Waals surface area contributed by atoms with Crippen LogP contribution < -0.4 is 0 Å². The highest BCUT2D eigenvalue weighted by Crippen LogP contribution is 2.66. The summed E-state index contributed by atoms with van der Waals surface area (Å²) in [7, 11) is 1.47. The van der Waals surface area contributed by atoms with Crippen LogP contribution in [-0.2, 0) is 19.1 Å². The molecule has 0 aliphatic heterocycles. The van der Waals surface area contributed by atoms with Crippen LogP contribution in [0.1, 0.15) is 87.0 Å². The van der Waals surface area contributed by atoms with Crippen molar-refractivity contribution in [2.75, 3.05) is 7.11 Å². The number of hydrogen-bond donors (Lipinski definition) is 0. The zero-order chi connectivity index (χ0) is 26.8. The van der Waals surface area contributed by atoms with Crippen LogP contribution in [0.15, 0.2) is 23.3 Å². The molecule has 2 fully saturated rings. The molecule has 8 atom stereocenters. The third-order valence-electron chi connectivity index (χ3n) is 11.3. The second-order valence-electron chi connectivity index (χ2n) is 13.4. The van der Waals surface area contributed by atoms with Crippen molar-refractivity contribution in [2.24, 2.45) is 51.2 Å². The summed E-state index contributed by atoms with van der Waals surface area (Å²) in [5.74, 6) is -0.638. The van der Waals surface area contributed by atoms with Crippen molar-refractivity contribution in [3.63, 3.8) is 0 Å². The first-order chi connectivity index (χ1) is 16.7. The van der Waals surface area contributed by atoms with E-state index in [2.05, 4.69) is 47.6 Å². The van der Waals surface area contributed by atoms with Crippen LogP contribution in [0.5, 0.6) is 0 Å². The number of nitrogens with zero attached hydrogens (tertiary/aromatic N) is 1. The van der Waals surface area contributed by atoms with Gasteiger partial charge in [0.1, 0.15) is 6.07 Å². The summed E-state index contributed by atoms with van der Waals surface area (Å²) in [5, 5.41) is 9.70. The first-order valence-electron chi connectivity index (χ1n) is 13.7. The van der Waals surface area contributed by atoms with Crippen molar-refractivity contribution in [3.05, 3.63) is 23.3 Å². The Morgan fingerprint density at radius 2 is 1.78 bits per heavy atom. The second-order valence-corrected chi connectivity index (χ2v) is 13.4. The summed E-state index contributed by atoms with van der Waals surface area (Å²) >= 11 is 0. The normalized spacial score (nSPS) is 43.9. The Labute approximate surface area is 216 Å². The molecule has 0 bridgehead atoms. The zero-order valence-corrected chi connectivity index (χ0v) is 23.4. The highest BCUT2D eigenvalue weighted by Gasteiger charge is 2.62. The Morgan fingerprint density at radius 3 is 2.36 bits per heavy atom. The third kappa shape index (κ3) is 3.57. The topological polar surface area (TPSA) is 84.2 Å². The van der Waals surface area contributed by atoms with Gasteiger partial charge >= 0.3 is 5.97 Å². The van der Waals surface area contributed by atoms with Crippen molar-refractivity contribution in [1.29, 1.82) is 5.26 Å². The van der Waals surface area contributed by atoms with Crippen molar-refractivity contribution in [2.45, 2.75) is 87.0 Å². The molecule has 36 heavy (non-hydrogen) atoms. The maximum atomic E-state index is 14.2. The number of ketones is 2. The van der Waals surface area contributed by atoms with Gasteiger partial charge in [-0.3, -0.25) is 14.4 Å². The molecule has 4 aliphatic rings. The van der Waals surface area contributed by atoms with Crippen LogP contribution in [0.3, 0.4) is 0 Å². The lowest BCUT2D eigenvalue weighted by molar-refractivity contribution is -0.168. The molecule has 0 spiro atoms. The predicted molar refractivity (Wildman–Crippen MR) is 138 cm³/mol. The number of esters is 1. The summed E-state index contributed by atoms with van der Waals surface area (Å²) < 4.78 is 5.37. The van der Waals surface area contributed by atoms with E-state index in [1.807, 2.05) is 19.1 Å². The third-order valence-corrected chi connectivity index (χ3v) is 11.3. The lowest BCUT2D eigenvalue weighted by Gasteiger charge is -2.60. The average Bonchev–Trinajstić information content (AvgIpc) is 2.83. The minimum absolute atomic E-state index is 0.0316. The Balaban J connectivity index is 1.86. The van der Waals surface area contributed by atoms with E-state index in [0.29, 0.717) is 6.42 Å². The fourth-order valence-corrected chi connectivity index (χ4v) is 8.92. The summed E-state index contributed by atoms with van der Waals surface area (Å²) in [5.41, 5.74) is -0.0635. The van der Waals surface area contributed by atoms with E-state index in [4.69, 9.17) is 4.74 Å². The minimum Gasteiger partial charge on any atom is -0.469 e. The number of fused-ring (bicyclic) bond motifs is 3. The monoisotopic (exact) mass is 493 g/mol. The van der Waals surface area contributed by atoms with Gasteiger partial charge in [0.2, 0.25) is 0 Å². The maximum absolute atomic E-state index is 14.2. The van der Waals surface area contributed by atoms with Crippen molar-refractivity contribution < 1.29 is 19.1 Å². The number of Topliss-reactive ketones (excluding diaryl/α,β-unsaturated/α-hetero) is 1. The Morgan fingerprint density at radius 1 is 1.11 bits per heavy atom. The van der Waals surface area contributed by atoms with E-state index in [1.54, 1.807) is 0 Å². The number of allylic oxidation sites excluding steroid dienone is 4. The molecule has 0 aromatic heterocycles. The van der Waals surface area contributed by atoms with Crippen LogP contribution in [0.4, 0.5) is 0 Å². The van der Waals surface area contributed by atoms with Gasteiger partial charge in [-0.05, 0) is 73.2 Å². The number of carbonyl (C=O) groups is 3. The highest BCUT2D eigenvalue weighted by molar-refractivity contribution is 6.02. The van der Waals surface area contributed by atoms with Gasteiger partial charge in [-0.15, -0.1) is 0 Å². The summed E-state index contributed by atoms with van der Waals surface area (Å²) in [6.07, 6.45) is 8.66. The smallest absolute Gasteiger partial charge is 0.312 e. The van der Waals surface area contributed by atoms with Gasteiger partial charge in [0, 0.05) is 17.3 Å². The van der Waals surface area contributed by atoms with Gasteiger partial charge < -0.3 is 4.74 Å². The Hall–Kier alpha value is -2.22.